The number of anilines is 2. The van der Waals surface area contributed by atoms with E-state index in [0.29, 0.717) is 19.5 Å². The summed E-state index contributed by atoms with van der Waals surface area (Å²) in [4.78, 5) is 20.0. The number of nitrogen functional groups attached to an aromatic ring is 1. The molecule has 0 saturated carbocycles. The Labute approximate surface area is 91.5 Å². The maximum atomic E-state index is 13.4. The number of halogens is 1. The molecular formula is C9H12FN5O. The minimum atomic E-state index is -0.542. The second-order valence-corrected chi connectivity index (χ2v) is 3.73. The second-order valence-electron chi connectivity index (χ2n) is 3.73. The number of carbonyl (C=O) groups is 1. The van der Waals surface area contributed by atoms with Gasteiger partial charge in [-0.1, -0.05) is 0 Å². The molecule has 7 heteroatoms. The van der Waals surface area contributed by atoms with E-state index in [1.807, 2.05) is 0 Å². The van der Waals surface area contributed by atoms with Crippen molar-refractivity contribution in [2.24, 2.45) is 11.7 Å². The lowest BCUT2D eigenvalue weighted by Gasteiger charge is -2.17. The summed E-state index contributed by atoms with van der Waals surface area (Å²) < 4.78 is 13.4. The number of aromatic nitrogens is 2. The highest BCUT2D eigenvalue weighted by atomic mass is 19.1. The van der Waals surface area contributed by atoms with E-state index in [-0.39, 0.29) is 23.6 Å². The number of primary amides is 1. The first-order valence-corrected chi connectivity index (χ1v) is 4.90. The van der Waals surface area contributed by atoms with Crippen LogP contribution in [-0.4, -0.2) is 29.0 Å². The molecule has 6 nitrogen and oxygen atoms in total. The lowest BCUT2D eigenvalue weighted by atomic mass is 10.1. The van der Waals surface area contributed by atoms with Crippen LogP contribution in [0.25, 0.3) is 0 Å². The first-order valence-electron chi connectivity index (χ1n) is 4.90. The molecule has 1 fully saturated rings. The van der Waals surface area contributed by atoms with Crippen LogP contribution in [0, 0.1) is 11.7 Å². The molecule has 1 amide bonds. The van der Waals surface area contributed by atoms with Crippen LogP contribution in [0.1, 0.15) is 6.42 Å². The summed E-state index contributed by atoms with van der Waals surface area (Å²) in [6.07, 6.45) is 1.63. The molecule has 16 heavy (non-hydrogen) atoms. The van der Waals surface area contributed by atoms with E-state index >= 15 is 0 Å². The lowest BCUT2D eigenvalue weighted by Crippen LogP contribution is -2.28. The largest absolute Gasteiger partial charge is 0.369 e. The molecule has 0 radical (unpaired) electrons. The van der Waals surface area contributed by atoms with E-state index in [4.69, 9.17) is 11.5 Å². The molecule has 0 aromatic carbocycles. The summed E-state index contributed by atoms with van der Waals surface area (Å²) in [5, 5.41) is 0. The maximum Gasteiger partial charge on any atom is 0.222 e. The van der Waals surface area contributed by atoms with Gasteiger partial charge in [-0.2, -0.15) is 4.98 Å². The third kappa shape index (κ3) is 1.88. The van der Waals surface area contributed by atoms with Gasteiger partial charge in [-0.25, -0.2) is 9.37 Å². The Balaban J connectivity index is 2.20. The van der Waals surface area contributed by atoms with Crippen molar-refractivity contribution in [2.45, 2.75) is 6.42 Å². The molecule has 1 aliphatic rings. The number of nitrogens with zero attached hydrogens (tertiary/aromatic N) is 3. The fourth-order valence-corrected chi connectivity index (χ4v) is 1.78. The van der Waals surface area contributed by atoms with Crippen molar-refractivity contribution in [2.75, 3.05) is 23.7 Å². The first-order chi connectivity index (χ1) is 7.58. The second kappa shape index (κ2) is 3.92. The summed E-state index contributed by atoms with van der Waals surface area (Å²) in [6.45, 7) is 0.920. The number of carbonyl (C=O) groups excluding carboxylic acids is 1. The number of amides is 1. The van der Waals surface area contributed by atoms with Gasteiger partial charge in [0.15, 0.2) is 11.6 Å². The molecule has 1 aromatic rings. The average molecular weight is 225 g/mol. The van der Waals surface area contributed by atoms with E-state index in [9.17, 15) is 9.18 Å². The minimum Gasteiger partial charge on any atom is -0.369 e. The highest BCUT2D eigenvalue weighted by Gasteiger charge is 2.29. The van der Waals surface area contributed by atoms with Crippen LogP contribution >= 0.6 is 0 Å². The molecule has 2 rings (SSSR count). The molecule has 1 aromatic heterocycles. The van der Waals surface area contributed by atoms with Crippen LogP contribution in [0.3, 0.4) is 0 Å². The summed E-state index contributed by atoms with van der Waals surface area (Å²) >= 11 is 0. The van der Waals surface area contributed by atoms with Crippen molar-refractivity contribution in [3.63, 3.8) is 0 Å². The number of hydrogen-bond donors (Lipinski definition) is 2. The van der Waals surface area contributed by atoms with Gasteiger partial charge in [-0.05, 0) is 6.42 Å². The maximum absolute atomic E-state index is 13.4. The quantitative estimate of drug-likeness (QED) is 0.707. The van der Waals surface area contributed by atoms with Crippen molar-refractivity contribution in [3.05, 3.63) is 12.0 Å². The van der Waals surface area contributed by atoms with Gasteiger partial charge < -0.3 is 16.4 Å². The minimum absolute atomic E-state index is 0.0129. The molecular weight excluding hydrogens is 213 g/mol. The van der Waals surface area contributed by atoms with Crippen LogP contribution < -0.4 is 16.4 Å². The first kappa shape index (κ1) is 10.6. The average Bonchev–Trinajstić information content (AvgIpc) is 2.70. The van der Waals surface area contributed by atoms with Gasteiger partial charge >= 0.3 is 0 Å². The number of hydrogen-bond acceptors (Lipinski definition) is 5. The Bertz CT molecular complexity index is 424. The monoisotopic (exact) mass is 225 g/mol. The van der Waals surface area contributed by atoms with Gasteiger partial charge in [-0.15, -0.1) is 0 Å². The van der Waals surface area contributed by atoms with Crippen molar-refractivity contribution in [1.82, 2.24) is 9.97 Å². The van der Waals surface area contributed by atoms with Crippen LogP contribution in [-0.2, 0) is 4.79 Å². The van der Waals surface area contributed by atoms with E-state index in [1.165, 1.54) is 0 Å². The summed E-state index contributed by atoms with van der Waals surface area (Å²) in [5.41, 5.74) is 10.6. The fraction of sp³-hybridized carbons (Fsp3) is 0.444. The zero-order chi connectivity index (χ0) is 11.7. The predicted octanol–water partition coefficient (Wildman–Crippen LogP) is -0.491. The number of rotatable bonds is 2. The van der Waals surface area contributed by atoms with Crippen molar-refractivity contribution >= 4 is 17.7 Å². The van der Waals surface area contributed by atoms with E-state index in [0.717, 1.165) is 6.20 Å². The Hall–Kier alpha value is -1.92. The Kier molecular flexibility index (Phi) is 2.59. The topological polar surface area (TPSA) is 98.1 Å². The van der Waals surface area contributed by atoms with Crippen molar-refractivity contribution in [1.29, 1.82) is 0 Å². The molecule has 4 N–H and O–H groups in total. The van der Waals surface area contributed by atoms with Crippen molar-refractivity contribution in [3.8, 4) is 0 Å². The normalized spacial score (nSPS) is 20.1. The summed E-state index contributed by atoms with van der Waals surface area (Å²) in [6, 6.07) is 0. The molecule has 0 bridgehead atoms. The standard InChI is InChI=1S/C9H12FN5O/c10-6-3-13-9(12)14-8(6)15-2-1-5(4-15)7(11)16/h3,5H,1-2,4H2,(H2,11,16)(H2,12,13,14). The zero-order valence-electron chi connectivity index (χ0n) is 8.56. The van der Waals surface area contributed by atoms with Crippen molar-refractivity contribution < 1.29 is 9.18 Å². The molecule has 0 aliphatic carbocycles. The van der Waals surface area contributed by atoms with Gasteiger partial charge in [0.05, 0.1) is 12.1 Å². The van der Waals surface area contributed by atoms with Crippen LogP contribution in [0.5, 0.6) is 0 Å². The highest BCUT2D eigenvalue weighted by Crippen LogP contribution is 2.24. The van der Waals surface area contributed by atoms with Gasteiger partial charge in [0.1, 0.15) is 0 Å². The molecule has 2 heterocycles. The Morgan fingerprint density at radius 3 is 3.00 bits per heavy atom. The van der Waals surface area contributed by atoms with E-state index in [2.05, 4.69) is 9.97 Å². The van der Waals surface area contributed by atoms with Crippen LogP contribution in [0.2, 0.25) is 0 Å². The Morgan fingerprint density at radius 2 is 2.38 bits per heavy atom. The molecule has 86 valence electrons. The predicted molar refractivity (Wildman–Crippen MR) is 55.9 cm³/mol. The van der Waals surface area contributed by atoms with E-state index < -0.39 is 5.82 Å². The van der Waals surface area contributed by atoms with Gasteiger partial charge in [0.2, 0.25) is 11.9 Å². The summed E-state index contributed by atoms with van der Waals surface area (Å²) in [5.74, 6) is -1.02. The molecule has 0 spiro atoms. The third-order valence-corrected chi connectivity index (χ3v) is 2.63. The van der Waals surface area contributed by atoms with Gasteiger partial charge in [-0.3, -0.25) is 4.79 Å². The van der Waals surface area contributed by atoms with Crippen LogP contribution in [0.4, 0.5) is 16.2 Å². The Morgan fingerprint density at radius 1 is 1.62 bits per heavy atom. The van der Waals surface area contributed by atoms with Gasteiger partial charge in [0, 0.05) is 13.1 Å². The van der Waals surface area contributed by atoms with E-state index in [1.54, 1.807) is 4.90 Å². The molecule has 1 unspecified atom stereocenters. The van der Waals surface area contributed by atoms with Gasteiger partial charge in [0.25, 0.3) is 0 Å². The SMILES string of the molecule is NC(=O)C1CCN(c2nc(N)ncc2F)C1. The third-order valence-electron chi connectivity index (χ3n) is 2.63. The fourth-order valence-electron chi connectivity index (χ4n) is 1.78. The van der Waals surface area contributed by atoms with Crippen LogP contribution in [0.15, 0.2) is 6.20 Å². The lowest BCUT2D eigenvalue weighted by molar-refractivity contribution is -0.121. The summed E-state index contributed by atoms with van der Waals surface area (Å²) in [7, 11) is 0. The number of nitrogens with two attached hydrogens (primary N) is 2. The molecule has 1 aliphatic heterocycles. The molecule has 1 atom stereocenters. The smallest absolute Gasteiger partial charge is 0.222 e. The molecule has 1 saturated heterocycles. The highest BCUT2D eigenvalue weighted by molar-refractivity contribution is 5.78. The zero-order valence-corrected chi connectivity index (χ0v) is 8.56.